The molecule has 5 heteroatoms. The van der Waals surface area contributed by atoms with Gasteiger partial charge in [0.2, 0.25) is 0 Å². The van der Waals surface area contributed by atoms with E-state index in [4.69, 9.17) is 26.8 Å². The second kappa shape index (κ2) is 5.95. The first-order valence-electron chi connectivity index (χ1n) is 7.41. The van der Waals surface area contributed by atoms with Crippen molar-refractivity contribution in [2.24, 2.45) is 5.92 Å². The highest BCUT2D eigenvalue weighted by Gasteiger charge is 2.41. The molecule has 114 valence electrons. The molecule has 0 aliphatic carbocycles. The van der Waals surface area contributed by atoms with Gasteiger partial charge in [0, 0.05) is 42.0 Å². The molecule has 1 spiro atoms. The van der Waals surface area contributed by atoms with E-state index in [-0.39, 0.29) is 17.3 Å². The Bertz CT molecular complexity index is 535. The Balaban J connectivity index is 1.77. The predicted octanol–water partition coefficient (Wildman–Crippen LogP) is 3.08. The second-order valence-electron chi connectivity index (χ2n) is 5.93. The van der Waals surface area contributed by atoms with Crippen LogP contribution >= 0.6 is 11.6 Å². The molecule has 0 radical (unpaired) electrons. The number of nitrogens with two attached hydrogens (primary N) is 1. The van der Waals surface area contributed by atoms with Crippen LogP contribution in [-0.4, -0.2) is 31.2 Å². The van der Waals surface area contributed by atoms with Gasteiger partial charge >= 0.3 is 0 Å². The SMILES string of the molecule is Nc1cc(Cl)ccc1C(=O)C1CCOC2(CCOCC2)C1. The number of hydrogen-bond donors (Lipinski definition) is 1. The lowest BCUT2D eigenvalue weighted by Crippen LogP contribution is -2.46. The number of benzene rings is 1. The number of ether oxygens (including phenoxy) is 2. The Morgan fingerprint density at radius 3 is 2.76 bits per heavy atom. The van der Waals surface area contributed by atoms with Gasteiger partial charge in [-0.3, -0.25) is 4.79 Å². The number of carbonyl (C=O) groups is 1. The molecule has 3 rings (SSSR count). The average Bonchev–Trinajstić information content (AvgIpc) is 2.47. The molecule has 2 fully saturated rings. The summed E-state index contributed by atoms with van der Waals surface area (Å²) in [6, 6.07) is 5.08. The van der Waals surface area contributed by atoms with Gasteiger partial charge in [-0.05, 0) is 43.9 Å². The van der Waals surface area contributed by atoms with Crippen LogP contribution in [0.2, 0.25) is 5.02 Å². The van der Waals surface area contributed by atoms with Crippen LogP contribution in [0.1, 0.15) is 36.0 Å². The largest absolute Gasteiger partial charge is 0.398 e. The maximum atomic E-state index is 12.7. The van der Waals surface area contributed by atoms with Gasteiger partial charge in [-0.2, -0.15) is 0 Å². The molecule has 1 aromatic rings. The minimum atomic E-state index is -0.183. The molecule has 2 aliphatic rings. The van der Waals surface area contributed by atoms with E-state index >= 15 is 0 Å². The van der Waals surface area contributed by atoms with Crippen molar-refractivity contribution in [1.29, 1.82) is 0 Å². The number of Topliss-reactive ketones (excluding diaryl/α,β-unsaturated/α-hetero) is 1. The monoisotopic (exact) mass is 309 g/mol. The van der Waals surface area contributed by atoms with Gasteiger partial charge in [-0.1, -0.05) is 11.6 Å². The number of ketones is 1. The van der Waals surface area contributed by atoms with Gasteiger partial charge in [0.1, 0.15) is 0 Å². The molecule has 2 aliphatic heterocycles. The van der Waals surface area contributed by atoms with Crippen LogP contribution in [0.25, 0.3) is 0 Å². The van der Waals surface area contributed by atoms with E-state index in [1.165, 1.54) is 0 Å². The molecule has 0 aromatic heterocycles. The van der Waals surface area contributed by atoms with Crippen molar-refractivity contribution in [2.75, 3.05) is 25.6 Å². The lowest BCUT2D eigenvalue weighted by Gasteiger charge is -2.43. The van der Waals surface area contributed by atoms with Crippen LogP contribution in [0.3, 0.4) is 0 Å². The van der Waals surface area contributed by atoms with Crippen LogP contribution in [0.15, 0.2) is 18.2 Å². The molecular weight excluding hydrogens is 290 g/mol. The highest BCUT2D eigenvalue weighted by molar-refractivity contribution is 6.31. The van der Waals surface area contributed by atoms with E-state index in [0.29, 0.717) is 36.1 Å². The summed E-state index contributed by atoms with van der Waals surface area (Å²) in [6.45, 7) is 2.05. The Morgan fingerprint density at radius 1 is 1.29 bits per heavy atom. The molecule has 0 bridgehead atoms. The van der Waals surface area contributed by atoms with Crippen LogP contribution in [0, 0.1) is 5.92 Å². The van der Waals surface area contributed by atoms with Gasteiger partial charge in [0.05, 0.1) is 5.60 Å². The normalized spacial score (nSPS) is 24.9. The minimum absolute atomic E-state index is 0.0275. The van der Waals surface area contributed by atoms with Gasteiger partial charge in [0.25, 0.3) is 0 Å². The first kappa shape index (κ1) is 14.8. The van der Waals surface area contributed by atoms with Gasteiger partial charge in [-0.25, -0.2) is 0 Å². The van der Waals surface area contributed by atoms with Crippen LogP contribution in [0.5, 0.6) is 0 Å². The molecule has 1 aromatic carbocycles. The number of halogens is 1. The lowest BCUT2D eigenvalue weighted by molar-refractivity contribution is -0.142. The van der Waals surface area contributed by atoms with E-state index in [1.807, 2.05) is 0 Å². The summed E-state index contributed by atoms with van der Waals surface area (Å²) in [7, 11) is 0. The highest BCUT2D eigenvalue weighted by Crippen LogP contribution is 2.38. The Morgan fingerprint density at radius 2 is 2.05 bits per heavy atom. The Kier molecular flexibility index (Phi) is 4.20. The van der Waals surface area contributed by atoms with Gasteiger partial charge in [-0.15, -0.1) is 0 Å². The fourth-order valence-corrected chi connectivity index (χ4v) is 3.50. The quantitative estimate of drug-likeness (QED) is 0.673. The molecule has 1 atom stereocenters. The fourth-order valence-electron chi connectivity index (χ4n) is 3.32. The van der Waals surface area contributed by atoms with E-state index < -0.39 is 0 Å². The summed E-state index contributed by atoms with van der Waals surface area (Å²) in [6.07, 6.45) is 3.25. The van der Waals surface area contributed by atoms with Crippen LogP contribution in [-0.2, 0) is 9.47 Å². The van der Waals surface area contributed by atoms with Crippen molar-refractivity contribution in [3.8, 4) is 0 Å². The number of hydrogen-bond acceptors (Lipinski definition) is 4. The summed E-state index contributed by atoms with van der Waals surface area (Å²) < 4.78 is 11.4. The fraction of sp³-hybridized carbons (Fsp3) is 0.562. The molecule has 21 heavy (non-hydrogen) atoms. The second-order valence-corrected chi connectivity index (χ2v) is 6.37. The summed E-state index contributed by atoms with van der Waals surface area (Å²) in [5.74, 6) is 0.0821. The average molecular weight is 310 g/mol. The summed E-state index contributed by atoms with van der Waals surface area (Å²) in [5.41, 5.74) is 6.80. The topological polar surface area (TPSA) is 61.6 Å². The molecule has 1 unspecified atom stereocenters. The zero-order chi connectivity index (χ0) is 14.9. The standard InChI is InChI=1S/C16H20ClNO3/c17-12-1-2-13(14(18)9-12)15(19)11-3-6-21-16(10-11)4-7-20-8-5-16/h1-2,9,11H,3-8,10,18H2. The van der Waals surface area contributed by atoms with Crippen LogP contribution in [0.4, 0.5) is 5.69 Å². The number of nitrogen functional groups attached to an aromatic ring is 1. The smallest absolute Gasteiger partial charge is 0.168 e. The third kappa shape index (κ3) is 3.07. The molecular formula is C16H20ClNO3. The molecule has 0 amide bonds. The van der Waals surface area contributed by atoms with E-state index in [0.717, 1.165) is 25.7 Å². The van der Waals surface area contributed by atoms with E-state index in [2.05, 4.69) is 0 Å². The van der Waals surface area contributed by atoms with Crippen molar-refractivity contribution in [2.45, 2.75) is 31.3 Å². The minimum Gasteiger partial charge on any atom is -0.398 e. The van der Waals surface area contributed by atoms with Crippen molar-refractivity contribution in [3.63, 3.8) is 0 Å². The van der Waals surface area contributed by atoms with Crippen molar-refractivity contribution in [3.05, 3.63) is 28.8 Å². The third-order valence-electron chi connectivity index (χ3n) is 4.55. The van der Waals surface area contributed by atoms with E-state index in [9.17, 15) is 4.79 Å². The number of rotatable bonds is 2. The third-order valence-corrected chi connectivity index (χ3v) is 4.78. The maximum Gasteiger partial charge on any atom is 0.168 e. The van der Waals surface area contributed by atoms with Crippen molar-refractivity contribution in [1.82, 2.24) is 0 Å². The highest BCUT2D eigenvalue weighted by atomic mass is 35.5. The maximum absolute atomic E-state index is 12.7. The summed E-state index contributed by atoms with van der Waals surface area (Å²) in [5, 5.41) is 0.553. The van der Waals surface area contributed by atoms with E-state index in [1.54, 1.807) is 18.2 Å². The Labute approximate surface area is 129 Å². The first-order valence-corrected chi connectivity index (χ1v) is 7.78. The van der Waals surface area contributed by atoms with Crippen molar-refractivity contribution >= 4 is 23.1 Å². The van der Waals surface area contributed by atoms with Crippen LogP contribution < -0.4 is 5.73 Å². The number of anilines is 1. The Hall–Kier alpha value is -1.10. The predicted molar refractivity (Wildman–Crippen MR) is 81.7 cm³/mol. The molecule has 4 nitrogen and oxygen atoms in total. The molecule has 0 saturated carbocycles. The molecule has 2 N–H and O–H groups in total. The zero-order valence-corrected chi connectivity index (χ0v) is 12.7. The first-order chi connectivity index (χ1) is 10.1. The zero-order valence-electron chi connectivity index (χ0n) is 11.9. The summed E-state index contributed by atoms with van der Waals surface area (Å²) >= 11 is 5.90. The van der Waals surface area contributed by atoms with Gasteiger partial charge < -0.3 is 15.2 Å². The van der Waals surface area contributed by atoms with Crippen molar-refractivity contribution < 1.29 is 14.3 Å². The molecule has 2 saturated heterocycles. The molecule has 2 heterocycles. The summed E-state index contributed by atoms with van der Waals surface area (Å²) in [4.78, 5) is 12.7. The van der Waals surface area contributed by atoms with Gasteiger partial charge in [0.15, 0.2) is 5.78 Å². The lowest BCUT2D eigenvalue weighted by atomic mass is 9.78. The number of carbonyl (C=O) groups excluding carboxylic acids is 1.